The topological polar surface area (TPSA) is 52.1 Å². The van der Waals surface area contributed by atoms with Gasteiger partial charge in [-0.25, -0.2) is 5.43 Å². The molecule has 1 aliphatic rings. The van der Waals surface area contributed by atoms with E-state index in [-0.39, 0.29) is 19.0 Å². The van der Waals surface area contributed by atoms with Crippen LogP contribution in [0, 0.1) is 0 Å². The molecule has 0 spiro atoms. The first-order valence-corrected chi connectivity index (χ1v) is 8.23. The highest BCUT2D eigenvalue weighted by atomic mass is 19.4. The molecule has 2 aromatic carbocycles. The molecule has 0 aromatic heterocycles. The number of ether oxygens (including phenoxy) is 3. The number of halogens is 7. The van der Waals surface area contributed by atoms with Gasteiger partial charge < -0.3 is 14.2 Å². The molecule has 0 bridgehead atoms. The van der Waals surface area contributed by atoms with Crippen molar-refractivity contribution in [1.82, 2.24) is 5.43 Å². The van der Waals surface area contributed by atoms with E-state index in [1.807, 2.05) is 0 Å². The highest BCUT2D eigenvalue weighted by molar-refractivity contribution is 5.79. The van der Waals surface area contributed by atoms with Crippen LogP contribution >= 0.6 is 0 Å². The molecular weight excluding hydrogens is 425 g/mol. The van der Waals surface area contributed by atoms with E-state index in [2.05, 4.69) is 5.10 Å². The number of hydrogen-bond donors (Lipinski definition) is 1. The second-order valence-electron chi connectivity index (χ2n) is 6.06. The van der Waals surface area contributed by atoms with Crippen LogP contribution in [0.25, 0.3) is 0 Å². The number of rotatable bonds is 7. The van der Waals surface area contributed by atoms with E-state index < -0.39 is 18.1 Å². The van der Waals surface area contributed by atoms with E-state index in [0.29, 0.717) is 28.9 Å². The predicted octanol–water partition coefficient (Wildman–Crippen LogP) is 4.71. The normalized spacial score (nSPS) is 14.2. The third kappa shape index (κ3) is 4.52. The fourth-order valence-electron chi connectivity index (χ4n) is 2.28. The Morgan fingerprint density at radius 2 is 1.60 bits per heavy atom. The quantitative estimate of drug-likeness (QED) is 0.295. The van der Waals surface area contributed by atoms with Crippen molar-refractivity contribution in [2.24, 2.45) is 5.10 Å². The molecular formula is C18H13F7N2O3. The van der Waals surface area contributed by atoms with Crippen molar-refractivity contribution in [2.45, 2.75) is 24.8 Å². The monoisotopic (exact) mass is 438 g/mol. The molecule has 1 N–H and O–H groups in total. The van der Waals surface area contributed by atoms with E-state index >= 15 is 0 Å². The Morgan fingerprint density at radius 1 is 0.933 bits per heavy atom. The lowest BCUT2D eigenvalue weighted by molar-refractivity contribution is -0.361. The molecule has 0 saturated carbocycles. The fraction of sp³-hybridized carbons (Fsp3) is 0.278. The molecule has 30 heavy (non-hydrogen) atoms. The SMILES string of the molecule is FC(F)(F)C(F)(F)C(F)(F)N/N=C/c1ccc(OCc2ccc3c(c2)OCO3)cc1. The number of nitrogens with one attached hydrogen (secondary N) is 1. The van der Waals surface area contributed by atoms with E-state index in [4.69, 9.17) is 14.2 Å². The van der Waals surface area contributed by atoms with E-state index in [9.17, 15) is 30.7 Å². The van der Waals surface area contributed by atoms with Crippen LogP contribution in [-0.4, -0.2) is 31.2 Å². The van der Waals surface area contributed by atoms with Gasteiger partial charge in [-0.1, -0.05) is 6.07 Å². The zero-order valence-corrected chi connectivity index (χ0v) is 14.9. The Hall–Kier alpha value is -3.18. The Labute approximate surface area is 165 Å². The third-order valence-corrected chi connectivity index (χ3v) is 3.89. The molecule has 1 heterocycles. The van der Waals surface area contributed by atoms with Crippen molar-refractivity contribution in [3.8, 4) is 17.2 Å². The van der Waals surface area contributed by atoms with Crippen LogP contribution in [0.1, 0.15) is 11.1 Å². The van der Waals surface area contributed by atoms with Crippen LogP contribution in [0.5, 0.6) is 17.2 Å². The number of benzene rings is 2. The third-order valence-electron chi connectivity index (χ3n) is 3.89. The first kappa shape index (κ1) is 21.5. The zero-order chi connectivity index (χ0) is 22.0. The molecule has 0 aliphatic carbocycles. The van der Waals surface area contributed by atoms with E-state index in [0.717, 1.165) is 5.56 Å². The van der Waals surface area contributed by atoms with Crippen molar-refractivity contribution in [1.29, 1.82) is 0 Å². The van der Waals surface area contributed by atoms with Crippen LogP contribution in [0.2, 0.25) is 0 Å². The van der Waals surface area contributed by atoms with Crippen LogP contribution < -0.4 is 19.6 Å². The van der Waals surface area contributed by atoms with Crippen molar-refractivity contribution in [3.05, 3.63) is 53.6 Å². The minimum Gasteiger partial charge on any atom is -0.489 e. The highest BCUT2D eigenvalue weighted by Gasteiger charge is 2.73. The summed E-state index contributed by atoms with van der Waals surface area (Å²) >= 11 is 0. The van der Waals surface area contributed by atoms with Gasteiger partial charge in [0, 0.05) is 0 Å². The average molecular weight is 438 g/mol. The molecule has 162 valence electrons. The maximum atomic E-state index is 13.1. The minimum absolute atomic E-state index is 0.136. The Bertz CT molecular complexity index is 915. The van der Waals surface area contributed by atoms with E-state index in [1.165, 1.54) is 24.3 Å². The Kier molecular flexibility index (Phi) is 5.68. The average Bonchev–Trinajstić information content (AvgIpc) is 3.14. The van der Waals surface area contributed by atoms with Gasteiger partial charge in [0.1, 0.15) is 12.4 Å². The number of alkyl halides is 7. The molecule has 0 saturated heterocycles. The van der Waals surface area contributed by atoms with Gasteiger partial charge in [0.15, 0.2) is 11.5 Å². The van der Waals surface area contributed by atoms with Crippen LogP contribution in [0.15, 0.2) is 47.6 Å². The molecule has 5 nitrogen and oxygen atoms in total. The van der Waals surface area contributed by atoms with Crippen molar-refractivity contribution in [3.63, 3.8) is 0 Å². The number of nitrogens with zero attached hydrogens (tertiary/aromatic N) is 1. The standard InChI is InChI=1S/C18H13F7N2O3/c19-16(20,17(21,22)23)18(24,25)27-26-8-11-1-4-13(5-2-11)28-9-12-3-6-14-15(7-12)30-10-29-14/h1-8,27H,9-10H2/b26-8+. The summed E-state index contributed by atoms with van der Waals surface area (Å²) in [5, 5.41) is 2.78. The smallest absolute Gasteiger partial charge is 0.462 e. The van der Waals surface area contributed by atoms with Gasteiger partial charge in [0.25, 0.3) is 0 Å². The van der Waals surface area contributed by atoms with Gasteiger partial charge in [-0.3, -0.25) is 0 Å². The molecule has 0 atom stereocenters. The van der Waals surface area contributed by atoms with Gasteiger partial charge in [0.2, 0.25) is 6.79 Å². The second kappa shape index (κ2) is 7.92. The summed E-state index contributed by atoms with van der Waals surface area (Å²) in [5.74, 6) is -4.69. The van der Waals surface area contributed by atoms with Crippen molar-refractivity contribution in [2.75, 3.05) is 6.79 Å². The van der Waals surface area contributed by atoms with Gasteiger partial charge in [-0.2, -0.15) is 35.8 Å². The summed E-state index contributed by atoms with van der Waals surface area (Å²) in [6.07, 6.45) is -5.77. The maximum Gasteiger partial charge on any atom is 0.462 e. The van der Waals surface area contributed by atoms with Crippen molar-refractivity contribution >= 4 is 6.21 Å². The zero-order valence-electron chi connectivity index (χ0n) is 14.9. The van der Waals surface area contributed by atoms with Crippen LogP contribution in [0.3, 0.4) is 0 Å². The molecule has 3 rings (SSSR count). The maximum absolute atomic E-state index is 13.1. The lowest BCUT2D eigenvalue weighted by Gasteiger charge is -2.27. The van der Waals surface area contributed by atoms with Crippen LogP contribution in [-0.2, 0) is 6.61 Å². The second-order valence-corrected chi connectivity index (χ2v) is 6.06. The van der Waals surface area contributed by atoms with Gasteiger partial charge in [-0.15, -0.1) is 0 Å². The Morgan fingerprint density at radius 3 is 2.27 bits per heavy atom. The van der Waals surface area contributed by atoms with Crippen LogP contribution in [0.4, 0.5) is 30.7 Å². The van der Waals surface area contributed by atoms with Gasteiger partial charge >= 0.3 is 18.1 Å². The lowest BCUT2D eigenvalue weighted by Crippen LogP contribution is -2.58. The molecule has 12 heteroatoms. The Balaban J connectivity index is 1.55. The summed E-state index contributed by atoms with van der Waals surface area (Å²) in [4.78, 5) is 0. The summed E-state index contributed by atoms with van der Waals surface area (Å²) in [6.45, 7) is 0.321. The summed E-state index contributed by atoms with van der Waals surface area (Å²) in [5.41, 5.74) is 1.50. The van der Waals surface area contributed by atoms with Gasteiger partial charge in [-0.05, 0) is 47.5 Å². The van der Waals surface area contributed by atoms with Crippen molar-refractivity contribution < 1.29 is 44.9 Å². The number of hydrogen-bond acceptors (Lipinski definition) is 5. The summed E-state index contributed by atoms with van der Waals surface area (Å²) in [7, 11) is 0. The first-order chi connectivity index (χ1) is 14.0. The molecule has 0 fully saturated rings. The van der Waals surface area contributed by atoms with Gasteiger partial charge in [0.05, 0.1) is 6.21 Å². The predicted molar refractivity (Wildman–Crippen MR) is 90.0 cm³/mol. The minimum atomic E-state index is -6.43. The molecule has 0 radical (unpaired) electrons. The highest BCUT2D eigenvalue weighted by Crippen LogP contribution is 2.45. The molecule has 0 unspecified atom stereocenters. The molecule has 1 aliphatic heterocycles. The lowest BCUT2D eigenvalue weighted by atomic mass is 10.2. The fourth-order valence-corrected chi connectivity index (χ4v) is 2.28. The largest absolute Gasteiger partial charge is 0.489 e. The molecule has 0 amide bonds. The van der Waals surface area contributed by atoms with E-state index in [1.54, 1.807) is 18.2 Å². The summed E-state index contributed by atoms with van der Waals surface area (Å²) in [6, 6.07) is 5.21. The summed E-state index contributed by atoms with van der Waals surface area (Å²) < 4.78 is 104. The molecule has 2 aromatic rings. The number of hydrazone groups is 1. The first-order valence-electron chi connectivity index (χ1n) is 8.23. The number of fused-ring (bicyclic) bond motifs is 1.